The van der Waals surface area contributed by atoms with Gasteiger partial charge in [0, 0.05) is 6.08 Å². The van der Waals surface area contributed by atoms with Crippen LogP contribution in [0.1, 0.15) is 6.92 Å². The molecule has 0 spiro atoms. The summed E-state index contributed by atoms with van der Waals surface area (Å²) in [5.41, 5.74) is 0. The Hall–Kier alpha value is -1.65. The summed E-state index contributed by atoms with van der Waals surface area (Å²) < 4.78 is 4.52. The van der Waals surface area contributed by atoms with Crippen molar-refractivity contribution in [3.8, 4) is 0 Å². The minimum absolute atomic E-state index is 0.257. The molecular weight excluding hydrogens is 174 g/mol. The fourth-order valence-electron chi connectivity index (χ4n) is 0.523. The average Bonchev–Trinajstić information content (AvgIpc) is 2.12. The molecule has 0 N–H and O–H groups in total. The first kappa shape index (κ1) is 11.4. The van der Waals surface area contributed by atoms with E-state index in [1.165, 1.54) is 0 Å². The van der Waals surface area contributed by atoms with Gasteiger partial charge in [-0.15, -0.1) is 0 Å². The molecule has 0 heterocycles. The Morgan fingerprint density at radius 3 is 2.69 bits per heavy atom. The molecule has 5 heteroatoms. The molecule has 71 valence electrons. The average molecular weight is 184 g/mol. The monoisotopic (exact) mass is 184 g/mol. The van der Waals surface area contributed by atoms with Crippen LogP contribution < -0.4 is 5.32 Å². The number of ether oxygens (including phenoxy) is 1. The number of carbonyl (C=O) groups is 3. The first-order chi connectivity index (χ1) is 6.20. The van der Waals surface area contributed by atoms with Gasteiger partial charge in [-0.2, -0.15) is 0 Å². The van der Waals surface area contributed by atoms with Gasteiger partial charge in [0.25, 0.3) is 5.91 Å². The van der Waals surface area contributed by atoms with E-state index in [9.17, 15) is 14.4 Å². The summed E-state index contributed by atoms with van der Waals surface area (Å²) in [7, 11) is 0. The van der Waals surface area contributed by atoms with Crippen molar-refractivity contribution >= 4 is 18.2 Å². The van der Waals surface area contributed by atoms with Gasteiger partial charge in [-0.1, -0.05) is 0 Å². The molecule has 1 amide bonds. The van der Waals surface area contributed by atoms with Gasteiger partial charge in [0.2, 0.25) is 0 Å². The lowest BCUT2D eigenvalue weighted by Crippen LogP contribution is -2.22. The molecule has 0 aromatic rings. The molecule has 0 fully saturated rings. The summed E-state index contributed by atoms with van der Waals surface area (Å²) in [6.45, 7) is 1.61. The van der Waals surface area contributed by atoms with Gasteiger partial charge in [-0.25, -0.2) is 5.32 Å². The normalized spacial score (nSPS) is 9.62. The maximum atomic E-state index is 10.7. The lowest BCUT2D eigenvalue weighted by atomic mass is 10.5. The van der Waals surface area contributed by atoms with E-state index in [2.05, 4.69) is 10.1 Å². The van der Waals surface area contributed by atoms with Crippen LogP contribution in [0.4, 0.5) is 0 Å². The second-order valence-electron chi connectivity index (χ2n) is 1.95. The highest BCUT2D eigenvalue weighted by atomic mass is 16.5. The molecule has 0 saturated carbocycles. The molecular formula is C8H10NO4. The minimum Gasteiger partial charge on any atom is -0.465 e. The Labute approximate surface area is 75.8 Å². The highest BCUT2D eigenvalue weighted by Crippen LogP contribution is 1.78. The largest absolute Gasteiger partial charge is 0.465 e. The molecule has 0 aliphatic carbocycles. The van der Waals surface area contributed by atoms with Crippen molar-refractivity contribution in [2.45, 2.75) is 6.92 Å². The quantitative estimate of drug-likeness (QED) is 0.326. The van der Waals surface area contributed by atoms with Crippen molar-refractivity contribution in [3.05, 3.63) is 12.2 Å². The summed E-state index contributed by atoms with van der Waals surface area (Å²) in [6.07, 6.45) is 2.45. The summed E-state index contributed by atoms with van der Waals surface area (Å²) in [5.74, 6) is -1.18. The number of rotatable bonds is 5. The van der Waals surface area contributed by atoms with Crippen LogP contribution in [0.25, 0.3) is 0 Å². The summed E-state index contributed by atoms with van der Waals surface area (Å²) >= 11 is 0. The number of nitrogens with zero attached hydrogens (tertiary/aromatic N) is 1. The zero-order valence-electron chi connectivity index (χ0n) is 7.23. The van der Waals surface area contributed by atoms with Crippen LogP contribution in [0.15, 0.2) is 12.2 Å². The van der Waals surface area contributed by atoms with Gasteiger partial charge < -0.3 is 4.74 Å². The third-order valence-electron chi connectivity index (χ3n) is 0.987. The van der Waals surface area contributed by atoms with Gasteiger partial charge in [-0.3, -0.25) is 14.4 Å². The van der Waals surface area contributed by atoms with Crippen LogP contribution in [0.3, 0.4) is 0 Å². The Bertz CT molecular complexity index is 222. The van der Waals surface area contributed by atoms with Crippen LogP contribution in [0.2, 0.25) is 0 Å². The third kappa shape index (κ3) is 6.74. The molecule has 0 aromatic heterocycles. The molecule has 0 rings (SSSR count). The van der Waals surface area contributed by atoms with E-state index in [0.717, 1.165) is 12.2 Å². The Balaban J connectivity index is 3.63. The summed E-state index contributed by atoms with van der Waals surface area (Å²) in [5, 5.41) is 3.32. The molecule has 5 nitrogen and oxygen atoms in total. The number of hydrogen-bond acceptors (Lipinski definition) is 4. The van der Waals surface area contributed by atoms with Crippen LogP contribution in [0, 0.1) is 0 Å². The zero-order valence-corrected chi connectivity index (χ0v) is 7.23. The van der Waals surface area contributed by atoms with Crippen molar-refractivity contribution in [2.24, 2.45) is 0 Å². The highest BCUT2D eigenvalue weighted by Gasteiger charge is 2.04. The smallest absolute Gasteiger partial charge is 0.327 e. The Morgan fingerprint density at radius 2 is 2.15 bits per heavy atom. The van der Waals surface area contributed by atoms with E-state index < -0.39 is 11.9 Å². The predicted octanol–water partition coefficient (Wildman–Crippen LogP) is -0.564. The van der Waals surface area contributed by atoms with Gasteiger partial charge in [0.15, 0.2) is 0 Å². The Kier molecular flexibility index (Phi) is 6.13. The number of hydrogen-bond donors (Lipinski definition) is 0. The maximum absolute atomic E-state index is 10.7. The predicted molar refractivity (Wildman–Crippen MR) is 43.8 cm³/mol. The molecule has 0 saturated heterocycles. The fraction of sp³-hybridized carbons (Fsp3) is 0.375. The van der Waals surface area contributed by atoms with E-state index in [1.807, 2.05) is 0 Å². The lowest BCUT2D eigenvalue weighted by Gasteiger charge is -1.98. The second kappa shape index (κ2) is 7.02. The third-order valence-corrected chi connectivity index (χ3v) is 0.987. The van der Waals surface area contributed by atoms with Gasteiger partial charge in [0.05, 0.1) is 6.61 Å². The van der Waals surface area contributed by atoms with Crippen LogP contribution in [0.5, 0.6) is 0 Å². The number of allylic oxidation sites excluding steroid dienone is 1. The SMILES string of the molecule is CCOC(=O)C[N]C(=O)/C=C\C=O. The minimum atomic E-state index is -0.625. The van der Waals surface area contributed by atoms with Gasteiger partial charge >= 0.3 is 5.97 Å². The fourth-order valence-corrected chi connectivity index (χ4v) is 0.523. The van der Waals surface area contributed by atoms with Crippen LogP contribution >= 0.6 is 0 Å². The molecule has 0 bridgehead atoms. The van der Waals surface area contributed by atoms with Gasteiger partial charge in [-0.05, 0) is 13.0 Å². The van der Waals surface area contributed by atoms with Crippen molar-refractivity contribution in [3.63, 3.8) is 0 Å². The van der Waals surface area contributed by atoms with Crippen molar-refractivity contribution in [1.82, 2.24) is 5.32 Å². The van der Waals surface area contributed by atoms with E-state index in [1.54, 1.807) is 6.92 Å². The van der Waals surface area contributed by atoms with Crippen LogP contribution in [-0.2, 0) is 19.1 Å². The number of carbonyl (C=O) groups excluding carboxylic acids is 3. The number of esters is 1. The van der Waals surface area contributed by atoms with E-state index in [-0.39, 0.29) is 13.2 Å². The molecule has 0 aliphatic rings. The number of aldehydes is 1. The topological polar surface area (TPSA) is 74.5 Å². The van der Waals surface area contributed by atoms with Gasteiger partial charge in [0.1, 0.15) is 12.8 Å². The molecule has 1 radical (unpaired) electrons. The summed E-state index contributed by atoms with van der Waals surface area (Å²) in [6, 6.07) is 0. The standard InChI is InChI=1S/C8H10NO4/c1-2-13-8(12)6-9-7(11)4-3-5-10/h3-5H,2,6H2,1H3/b4-3-. The molecule has 13 heavy (non-hydrogen) atoms. The van der Waals surface area contributed by atoms with Crippen LogP contribution in [-0.4, -0.2) is 31.3 Å². The number of amides is 1. The molecule has 0 aromatic carbocycles. The molecule has 0 atom stereocenters. The maximum Gasteiger partial charge on any atom is 0.327 e. The Morgan fingerprint density at radius 1 is 1.46 bits per heavy atom. The van der Waals surface area contributed by atoms with E-state index >= 15 is 0 Å². The highest BCUT2D eigenvalue weighted by molar-refractivity contribution is 5.92. The molecule has 0 unspecified atom stereocenters. The zero-order chi connectivity index (χ0) is 10.1. The van der Waals surface area contributed by atoms with Crippen molar-refractivity contribution < 1.29 is 19.1 Å². The second-order valence-corrected chi connectivity index (χ2v) is 1.95. The van der Waals surface area contributed by atoms with Crippen molar-refractivity contribution in [1.29, 1.82) is 0 Å². The molecule has 0 aliphatic heterocycles. The lowest BCUT2D eigenvalue weighted by molar-refractivity contribution is -0.143. The first-order valence-corrected chi connectivity index (χ1v) is 3.69. The van der Waals surface area contributed by atoms with E-state index in [4.69, 9.17) is 0 Å². The van der Waals surface area contributed by atoms with Crippen molar-refractivity contribution in [2.75, 3.05) is 13.2 Å². The first-order valence-electron chi connectivity index (χ1n) is 3.69. The van der Waals surface area contributed by atoms with E-state index in [0.29, 0.717) is 6.29 Å². The summed E-state index contributed by atoms with van der Waals surface area (Å²) in [4.78, 5) is 31.1.